The first-order chi connectivity index (χ1) is 10.7. The molecule has 0 radical (unpaired) electrons. The largest absolute Gasteiger partial charge is 0.480 e. The van der Waals surface area contributed by atoms with Crippen LogP contribution in [0.1, 0.15) is 31.0 Å². The minimum Gasteiger partial charge on any atom is -0.480 e. The molecule has 0 amide bonds. The molecule has 0 spiro atoms. The number of aromatic nitrogens is 5. The lowest BCUT2D eigenvalue weighted by Crippen LogP contribution is -2.43. The van der Waals surface area contributed by atoms with E-state index in [1.807, 2.05) is 24.3 Å². The molecule has 0 bridgehead atoms. The first-order valence-electron chi connectivity index (χ1n) is 7.04. The Hall–Kier alpha value is -2.77. The Bertz CT molecular complexity index is 849. The molecule has 112 valence electrons. The Balaban J connectivity index is 1.64. The smallest absolute Gasteiger partial charge is 0.317 e. The zero-order chi connectivity index (χ0) is 15.2. The number of nitrogens with zero attached hydrogens (tertiary/aromatic N) is 5. The molecule has 0 saturated heterocycles. The van der Waals surface area contributed by atoms with Crippen LogP contribution in [0.25, 0.3) is 11.0 Å². The number of carbonyl (C=O) groups is 1. The molecule has 1 saturated carbocycles. The third-order valence-corrected chi connectivity index (χ3v) is 4.22. The Morgan fingerprint density at radius 1 is 1.36 bits per heavy atom. The Morgan fingerprint density at radius 2 is 2.18 bits per heavy atom. The number of rotatable bonds is 4. The molecule has 0 aliphatic heterocycles. The summed E-state index contributed by atoms with van der Waals surface area (Å²) in [4.78, 5) is 15.7. The average molecular weight is 299 g/mol. The van der Waals surface area contributed by atoms with Gasteiger partial charge in [0.05, 0.1) is 5.52 Å². The lowest BCUT2D eigenvalue weighted by atomic mass is 9.68. The van der Waals surface area contributed by atoms with Crippen molar-refractivity contribution in [2.75, 3.05) is 0 Å². The summed E-state index contributed by atoms with van der Waals surface area (Å²) in [6.45, 7) is 0.267. The van der Waals surface area contributed by atoms with E-state index in [9.17, 15) is 9.90 Å². The number of hydrogen-bond acceptors (Lipinski definition) is 6. The first kappa shape index (κ1) is 12.9. The number of hydrogen-bond donors (Lipinski definition) is 1. The lowest BCUT2D eigenvalue weighted by Gasteiger charge is -2.34. The van der Waals surface area contributed by atoms with Gasteiger partial charge in [0.15, 0.2) is 5.82 Å². The molecule has 0 atom stereocenters. The predicted octanol–water partition coefficient (Wildman–Crippen LogP) is 1.37. The standard InChI is InChI=1S/C14H13N5O3/c20-13(21)14(6-3-7-14)12-15-11(22-17-12)8-19-10-5-2-1-4-9(10)16-18-19/h1-2,4-5H,3,6-8H2,(H,20,21). The van der Waals surface area contributed by atoms with Crippen molar-refractivity contribution in [2.45, 2.75) is 31.2 Å². The van der Waals surface area contributed by atoms with Gasteiger partial charge in [-0.05, 0) is 25.0 Å². The second-order valence-electron chi connectivity index (χ2n) is 5.49. The van der Waals surface area contributed by atoms with E-state index >= 15 is 0 Å². The summed E-state index contributed by atoms with van der Waals surface area (Å²) in [5.74, 6) is -0.304. The van der Waals surface area contributed by atoms with Crippen LogP contribution >= 0.6 is 0 Å². The maximum Gasteiger partial charge on any atom is 0.317 e. The van der Waals surface area contributed by atoms with Crippen LogP contribution in [-0.4, -0.2) is 36.2 Å². The van der Waals surface area contributed by atoms with Crippen LogP contribution in [0.15, 0.2) is 28.8 Å². The summed E-state index contributed by atoms with van der Waals surface area (Å²) >= 11 is 0. The summed E-state index contributed by atoms with van der Waals surface area (Å²) in [5, 5.41) is 21.4. The number of carboxylic acid groups (broad SMARTS) is 1. The third-order valence-electron chi connectivity index (χ3n) is 4.22. The summed E-state index contributed by atoms with van der Waals surface area (Å²) in [7, 11) is 0. The number of benzene rings is 1. The highest BCUT2D eigenvalue weighted by Gasteiger charge is 2.50. The highest BCUT2D eigenvalue weighted by molar-refractivity contribution is 5.81. The molecule has 2 aromatic heterocycles. The van der Waals surface area contributed by atoms with Crippen molar-refractivity contribution in [1.29, 1.82) is 0 Å². The van der Waals surface area contributed by atoms with Gasteiger partial charge in [-0.15, -0.1) is 5.10 Å². The number of fused-ring (bicyclic) bond motifs is 1. The van der Waals surface area contributed by atoms with Crippen molar-refractivity contribution in [3.05, 3.63) is 36.0 Å². The van der Waals surface area contributed by atoms with Gasteiger partial charge < -0.3 is 9.63 Å². The van der Waals surface area contributed by atoms with E-state index in [4.69, 9.17) is 4.52 Å². The van der Waals surface area contributed by atoms with Crippen LogP contribution < -0.4 is 0 Å². The van der Waals surface area contributed by atoms with E-state index in [0.29, 0.717) is 18.7 Å². The monoisotopic (exact) mass is 299 g/mol. The van der Waals surface area contributed by atoms with Crippen molar-refractivity contribution < 1.29 is 14.4 Å². The maximum atomic E-state index is 11.5. The van der Waals surface area contributed by atoms with Crippen LogP contribution in [0.5, 0.6) is 0 Å². The molecule has 0 unspecified atom stereocenters. The topological polar surface area (TPSA) is 107 Å². The fraction of sp³-hybridized carbons (Fsp3) is 0.357. The molecule has 1 aliphatic rings. The summed E-state index contributed by atoms with van der Waals surface area (Å²) in [6.07, 6.45) is 1.96. The van der Waals surface area contributed by atoms with Crippen molar-refractivity contribution in [2.24, 2.45) is 0 Å². The molecule has 3 aromatic rings. The summed E-state index contributed by atoms with van der Waals surface area (Å²) in [5.41, 5.74) is 0.661. The molecule has 1 N–H and O–H groups in total. The van der Waals surface area contributed by atoms with Gasteiger partial charge in [-0.1, -0.05) is 28.9 Å². The number of carboxylic acids is 1. The van der Waals surface area contributed by atoms with Crippen LogP contribution in [0.3, 0.4) is 0 Å². The highest BCUT2D eigenvalue weighted by atomic mass is 16.5. The van der Waals surface area contributed by atoms with E-state index in [1.54, 1.807) is 4.68 Å². The van der Waals surface area contributed by atoms with Gasteiger partial charge in [-0.3, -0.25) is 4.79 Å². The first-order valence-corrected chi connectivity index (χ1v) is 7.04. The second-order valence-corrected chi connectivity index (χ2v) is 5.49. The molecule has 1 aliphatic carbocycles. The Morgan fingerprint density at radius 3 is 2.91 bits per heavy atom. The van der Waals surface area contributed by atoms with Crippen LogP contribution in [0.2, 0.25) is 0 Å². The van der Waals surface area contributed by atoms with Gasteiger partial charge in [-0.2, -0.15) is 4.98 Å². The summed E-state index contributed by atoms with van der Waals surface area (Å²) < 4.78 is 6.86. The van der Waals surface area contributed by atoms with Crippen LogP contribution in [-0.2, 0) is 16.8 Å². The second kappa shape index (κ2) is 4.62. The van der Waals surface area contributed by atoms with Gasteiger partial charge in [0.2, 0.25) is 5.89 Å². The quantitative estimate of drug-likeness (QED) is 0.775. The molecule has 2 heterocycles. The van der Waals surface area contributed by atoms with Gasteiger partial charge in [-0.25, -0.2) is 4.68 Å². The zero-order valence-electron chi connectivity index (χ0n) is 11.6. The Kier molecular flexibility index (Phi) is 2.72. The third kappa shape index (κ3) is 1.80. The Labute approximate surface area is 124 Å². The van der Waals surface area contributed by atoms with E-state index in [2.05, 4.69) is 20.5 Å². The maximum absolute atomic E-state index is 11.5. The molecule has 1 aromatic carbocycles. The fourth-order valence-corrected chi connectivity index (χ4v) is 2.74. The number of para-hydroxylation sites is 1. The molecular weight excluding hydrogens is 286 g/mol. The predicted molar refractivity (Wildman–Crippen MR) is 74.1 cm³/mol. The van der Waals surface area contributed by atoms with Crippen molar-refractivity contribution in [1.82, 2.24) is 25.1 Å². The minimum absolute atomic E-state index is 0.255. The highest BCUT2D eigenvalue weighted by Crippen LogP contribution is 2.42. The van der Waals surface area contributed by atoms with Crippen molar-refractivity contribution in [3.8, 4) is 0 Å². The van der Waals surface area contributed by atoms with E-state index in [-0.39, 0.29) is 12.4 Å². The zero-order valence-corrected chi connectivity index (χ0v) is 11.6. The normalized spacial score (nSPS) is 16.5. The summed E-state index contributed by atoms with van der Waals surface area (Å²) in [6, 6.07) is 7.55. The molecule has 1 fully saturated rings. The van der Waals surface area contributed by atoms with Gasteiger partial charge >= 0.3 is 5.97 Å². The van der Waals surface area contributed by atoms with Crippen molar-refractivity contribution in [3.63, 3.8) is 0 Å². The SMILES string of the molecule is O=C(O)C1(c2noc(Cn3nnc4ccccc43)n2)CCC1. The molecular formula is C14H13N5O3. The van der Waals surface area contributed by atoms with E-state index in [1.165, 1.54) is 0 Å². The van der Waals surface area contributed by atoms with Crippen molar-refractivity contribution >= 4 is 17.0 Å². The minimum atomic E-state index is -0.980. The molecule has 22 heavy (non-hydrogen) atoms. The van der Waals surface area contributed by atoms with Gasteiger partial charge in [0.1, 0.15) is 17.5 Å². The van der Waals surface area contributed by atoms with E-state index in [0.717, 1.165) is 17.5 Å². The van der Waals surface area contributed by atoms with Crippen LogP contribution in [0.4, 0.5) is 0 Å². The average Bonchev–Trinajstić information content (AvgIpc) is 3.06. The van der Waals surface area contributed by atoms with E-state index < -0.39 is 11.4 Å². The lowest BCUT2D eigenvalue weighted by molar-refractivity contribution is -0.147. The number of aliphatic carboxylic acids is 1. The molecule has 8 heteroatoms. The van der Waals surface area contributed by atoms with Crippen LogP contribution in [0, 0.1) is 0 Å². The molecule has 4 rings (SSSR count). The molecule has 8 nitrogen and oxygen atoms in total. The fourth-order valence-electron chi connectivity index (χ4n) is 2.74. The van der Waals surface area contributed by atoms with Gasteiger partial charge in [0.25, 0.3) is 0 Å². The van der Waals surface area contributed by atoms with Gasteiger partial charge in [0, 0.05) is 0 Å².